The highest BCUT2D eigenvalue weighted by atomic mass is 32.2. The summed E-state index contributed by atoms with van der Waals surface area (Å²) in [6.45, 7) is 2.29. The molecule has 1 atom stereocenters. The fraction of sp³-hybridized carbons (Fsp3) is 0.185. The second-order valence-corrected chi connectivity index (χ2v) is 9.40. The van der Waals surface area contributed by atoms with Crippen LogP contribution < -0.4 is 5.32 Å². The van der Waals surface area contributed by atoms with Crippen molar-refractivity contribution in [1.82, 2.24) is 10.2 Å². The molecule has 0 saturated carbocycles. The van der Waals surface area contributed by atoms with Gasteiger partial charge in [-0.1, -0.05) is 65.9 Å². The summed E-state index contributed by atoms with van der Waals surface area (Å²) in [5.74, 6) is 0.219. The standard InChI is InChI=1S/C27H23FN4O2S/c1-17-6-8-19(9-7-17)16-35-27-30-22-5-3-2-4-21(22)25-31-26(34)23(32(25)27)14-24(33)29-15-18-10-12-20(28)13-11-18/h2-13,23H,14-16H2,1H3,(H,29,33). The second kappa shape index (κ2) is 9.84. The molecule has 0 radical (unpaired) electrons. The molecule has 176 valence electrons. The van der Waals surface area contributed by atoms with Crippen LogP contribution >= 0.6 is 11.8 Å². The average Bonchev–Trinajstić information content (AvgIpc) is 3.19. The lowest BCUT2D eigenvalue weighted by atomic mass is 10.1. The number of aryl methyl sites for hydroxylation is 1. The highest BCUT2D eigenvalue weighted by molar-refractivity contribution is 8.13. The highest BCUT2D eigenvalue weighted by Gasteiger charge is 2.42. The van der Waals surface area contributed by atoms with E-state index in [2.05, 4.69) is 34.6 Å². The number of amides is 2. The van der Waals surface area contributed by atoms with Gasteiger partial charge in [-0.15, -0.1) is 0 Å². The van der Waals surface area contributed by atoms with E-state index in [0.717, 1.165) is 22.4 Å². The maximum absolute atomic E-state index is 13.1. The molecule has 1 N–H and O–H groups in total. The number of aliphatic imine (C=N–C) groups is 2. The minimum atomic E-state index is -0.768. The minimum absolute atomic E-state index is 0.0562. The third-order valence-corrected chi connectivity index (χ3v) is 6.90. The largest absolute Gasteiger partial charge is 0.352 e. The molecule has 1 unspecified atom stereocenters. The number of thioether (sulfide) groups is 1. The lowest BCUT2D eigenvalue weighted by Gasteiger charge is -2.30. The third-order valence-electron chi connectivity index (χ3n) is 5.88. The molecule has 35 heavy (non-hydrogen) atoms. The van der Waals surface area contributed by atoms with Crippen molar-refractivity contribution in [3.8, 4) is 0 Å². The third kappa shape index (κ3) is 5.02. The lowest BCUT2D eigenvalue weighted by molar-refractivity contribution is -0.126. The van der Waals surface area contributed by atoms with Gasteiger partial charge in [-0.3, -0.25) is 14.5 Å². The fourth-order valence-electron chi connectivity index (χ4n) is 3.99. The predicted octanol–water partition coefficient (Wildman–Crippen LogP) is 4.73. The summed E-state index contributed by atoms with van der Waals surface area (Å²) >= 11 is 1.52. The van der Waals surface area contributed by atoms with E-state index in [1.54, 1.807) is 17.0 Å². The molecule has 0 spiro atoms. The quantitative estimate of drug-likeness (QED) is 0.547. The predicted molar refractivity (Wildman–Crippen MR) is 136 cm³/mol. The van der Waals surface area contributed by atoms with Crippen LogP contribution in [0.3, 0.4) is 0 Å². The smallest absolute Gasteiger partial charge is 0.271 e. The van der Waals surface area contributed by atoms with Gasteiger partial charge in [0.15, 0.2) is 5.17 Å². The van der Waals surface area contributed by atoms with E-state index < -0.39 is 6.04 Å². The first-order valence-corrected chi connectivity index (χ1v) is 12.3. The van der Waals surface area contributed by atoms with Gasteiger partial charge < -0.3 is 5.32 Å². The Labute approximate surface area is 207 Å². The van der Waals surface area contributed by atoms with E-state index >= 15 is 0 Å². The number of nitrogens with one attached hydrogen (secondary N) is 1. The van der Waals surface area contributed by atoms with Crippen molar-refractivity contribution < 1.29 is 14.0 Å². The molecule has 8 heteroatoms. The van der Waals surface area contributed by atoms with E-state index in [-0.39, 0.29) is 30.6 Å². The Morgan fingerprint density at radius 2 is 1.71 bits per heavy atom. The fourth-order valence-corrected chi connectivity index (χ4v) is 4.99. The molecule has 0 aromatic heterocycles. The molecular formula is C27H23FN4O2S. The van der Waals surface area contributed by atoms with Crippen molar-refractivity contribution in [3.05, 3.63) is 101 Å². The van der Waals surface area contributed by atoms with Gasteiger partial charge in [0.1, 0.15) is 17.7 Å². The maximum Gasteiger partial charge on any atom is 0.271 e. The van der Waals surface area contributed by atoms with Gasteiger partial charge in [0.2, 0.25) is 5.91 Å². The molecule has 0 saturated heterocycles. The zero-order chi connectivity index (χ0) is 24.4. The van der Waals surface area contributed by atoms with Crippen LogP contribution in [-0.2, 0) is 21.9 Å². The van der Waals surface area contributed by atoms with Crippen molar-refractivity contribution in [3.63, 3.8) is 0 Å². The Morgan fingerprint density at radius 3 is 2.49 bits per heavy atom. The topological polar surface area (TPSA) is 74.1 Å². The maximum atomic E-state index is 13.1. The number of amidine groups is 2. The molecular weight excluding hydrogens is 463 g/mol. The van der Waals surface area contributed by atoms with Crippen LogP contribution in [0, 0.1) is 12.7 Å². The first-order chi connectivity index (χ1) is 17.0. The van der Waals surface area contributed by atoms with Gasteiger partial charge in [0.25, 0.3) is 5.91 Å². The van der Waals surface area contributed by atoms with E-state index in [9.17, 15) is 14.0 Å². The van der Waals surface area contributed by atoms with Gasteiger partial charge >= 0.3 is 0 Å². The van der Waals surface area contributed by atoms with Crippen LogP contribution in [0.2, 0.25) is 0 Å². The van der Waals surface area contributed by atoms with Crippen molar-refractivity contribution in [2.75, 3.05) is 0 Å². The Kier molecular flexibility index (Phi) is 6.46. The highest BCUT2D eigenvalue weighted by Crippen LogP contribution is 2.35. The lowest BCUT2D eigenvalue weighted by Crippen LogP contribution is -2.45. The van der Waals surface area contributed by atoms with Crippen LogP contribution in [0.15, 0.2) is 82.8 Å². The molecule has 0 aliphatic carbocycles. The van der Waals surface area contributed by atoms with Gasteiger partial charge in [-0.2, -0.15) is 4.99 Å². The summed E-state index contributed by atoms with van der Waals surface area (Å²) < 4.78 is 13.1. The van der Waals surface area contributed by atoms with Gasteiger partial charge in [-0.05, 0) is 42.3 Å². The summed E-state index contributed by atoms with van der Waals surface area (Å²) in [5.41, 5.74) is 4.63. The van der Waals surface area contributed by atoms with E-state index in [1.807, 2.05) is 31.2 Å². The zero-order valence-electron chi connectivity index (χ0n) is 19.1. The average molecular weight is 487 g/mol. The molecule has 0 fully saturated rings. The number of nitrogens with zero attached hydrogens (tertiary/aromatic N) is 3. The summed E-state index contributed by atoms with van der Waals surface area (Å²) in [7, 11) is 0. The summed E-state index contributed by atoms with van der Waals surface area (Å²) in [6, 6.07) is 21.0. The number of rotatable bonds is 6. The number of para-hydroxylation sites is 1. The molecule has 2 amide bonds. The van der Waals surface area contributed by atoms with Crippen LogP contribution in [0.4, 0.5) is 10.1 Å². The van der Waals surface area contributed by atoms with E-state index in [0.29, 0.717) is 16.8 Å². The molecule has 3 aromatic rings. The normalized spacial score (nSPS) is 16.3. The number of hydrogen-bond donors (Lipinski definition) is 1. The first kappa shape index (κ1) is 23.0. The van der Waals surface area contributed by atoms with Crippen molar-refractivity contribution in [2.24, 2.45) is 9.98 Å². The first-order valence-electron chi connectivity index (χ1n) is 11.3. The van der Waals surface area contributed by atoms with Crippen molar-refractivity contribution in [1.29, 1.82) is 0 Å². The molecule has 3 aromatic carbocycles. The minimum Gasteiger partial charge on any atom is -0.352 e. The van der Waals surface area contributed by atoms with Crippen LogP contribution in [0.5, 0.6) is 0 Å². The van der Waals surface area contributed by atoms with Gasteiger partial charge in [-0.25, -0.2) is 9.38 Å². The number of carbonyl (C=O) groups is 2. The van der Waals surface area contributed by atoms with Gasteiger partial charge in [0.05, 0.1) is 12.1 Å². The van der Waals surface area contributed by atoms with Crippen molar-refractivity contribution >= 4 is 40.3 Å². The summed E-state index contributed by atoms with van der Waals surface area (Å²) in [4.78, 5) is 36.6. The van der Waals surface area contributed by atoms with Gasteiger partial charge in [0, 0.05) is 17.9 Å². The van der Waals surface area contributed by atoms with E-state index in [4.69, 9.17) is 4.99 Å². The molecule has 2 aliphatic heterocycles. The summed E-state index contributed by atoms with van der Waals surface area (Å²) in [6.07, 6.45) is -0.0562. The summed E-state index contributed by atoms with van der Waals surface area (Å²) in [5, 5.41) is 3.46. The zero-order valence-corrected chi connectivity index (χ0v) is 19.9. The van der Waals surface area contributed by atoms with Crippen LogP contribution in [0.25, 0.3) is 0 Å². The van der Waals surface area contributed by atoms with Crippen LogP contribution in [-0.4, -0.2) is 33.8 Å². The number of fused-ring (bicyclic) bond motifs is 3. The molecule has 6 nitrogen and oxygen atoms in total. The Bertz CT molecular complexity index is 1340. The SMILES string of the molecule is Cc1ccc(CSC2=Nc3ccccc3C3=NC(=O)C(CC(=O)NCc4ccc(F)cc4)N23)cc1. The Morgan fingerprint density at radius 1 is 1.00 bits per heavy atom. The number of halogens is 1. The Hall–Kier alpha value is -3.78. The molecule has 2 heterocycles. The Balaban J connectivity index is 1.34. The number of carbonyl (C=O) groups excluding carboxylic acids is 2. The molecule has 2 aliphatic rings. The number of benzene rings is 3. The number of hydrogen-bond acceptors (Lipinski definition) is 5. The van der Waals surface area contributed by atoms with Crippen LogP contribution in [0.1, 0.15) is 28.7 Å². The van der Waals surface area contributed by atoms with E-state index in [1.165, 1.54) is 29.5 Å². The van der Waals surface area contributed by atoms with Crippen molar-refractivity contribution in [2.45, 2.75) is 31.7 Å². The second-order valence-electron chi connectivity index (χ2n) is 8.45. The molecule has 0 bridgehead atoms. The monoisotopic (exact) mass is 486 g/mol. The molecule has 5 rings (SSSR count).